The summed E-state index contributed by atoms with van der Waals surface area (Å²) in [6, 6.07) is -0.0722. The Hall–Kier alpha value is -2.09. The molecule has 3 heterocycles. The molecule has 162 valence electrons. The van der Waals surface area contributed by atoms with Crippen LogP contribution in [0.5, 0.6) is 0 Å². The molecule has 0 bridgehead atoms. The maximum Gasteiger partial charge on any atom is 0.441 e. The van der Waals surface area contributed by atoms with Crippen molar-refractivity contribution in [3.8, 4) is 0 Å². The highest BCUT2D eigenvalue weighted by Crippen LogP contribution is 2.30. The number of carbonyl (C=O) groups is 1. The molecule has 1 aromatic rings. The molecule has 2 aliphatic heterocycles. The van der Waals surface area contributed by atoms with Gasteiger partial charge in [-0.1, -0.05) is 23.7 Å². The van der Waals surface area contributed by atoms with E-state index >= 15 is 0 Å². The molecule has 3 rings (SSSR count). The van der Waals surface area contributed by atoms with Crippen molar-refractivity contribution in [3.63, 3.8) is 0 Å². The molecule has 0 aliphatic carbocycles. The Morgan fingerprint density at radius 2 is 2.10 bits per heavy atom. The van der Waals surface area contributed by atoms with Gasteiger partial charge in [-0.05, 0) is 60.3 Å². The number of fused-ring (bicyclic) bond motifs is 1. The summed E-state index contributed by atoms with van der Waals surface area (Å²) in [5, 5.41) is 3.92. The normalized spacial score (nSPS) is 24.5. The van der Waals surface area contributed by atoms with Crippen LogP contribution in [0.25, 0.3) is 0 Å². The van der Waals surface area contributed by atoms with Crippen LogP contribution in [0.2, 0.25) is 0 Å². The van der Waals surface area contributed by atoms with Gasteiger partial charge in [-0.2, -0.15) is 0 Å². The van der Waals surface area contributed by atoms with E-state index in [4.69, 9.17) is 14.0 Å². The van der Waals surface area contributed by atoms with Crippen LogP contribution in [0.15, 0.2) is 21.5 Å². The van der Waals surface area contributed by atoms with E-state index in [0.717, 1.165) is 44.3 Å². The Morgan fingerprint density at radius 3 is 2.83 bits per heavy atom. The highest BCUT2D eigenvalue weighted by molar-refractivity contribution is 5.70. The maximum atomic E-state index is 12.7. The molecule has 1 amide bonds. The van der Waals surface area contributed by atoms with Crippen molar-refractivity contribution in [1.82, 2.24) is 14.6 Å². The molecule has 0 saturated carbocycles. The molecule has 8 heteroatoms. The van der Waals surface area contributed by atoms with Gasteiger partial charge in [0.1, 0.15) is 11.3 Å². The van der Waals surface area contributed by atoms with Crippen LogP contribution in [0.4, 0.5) is 4.79 Å². The summed E-state index contributed by atoms with van der Waals surface area (Å²) in [5.74, 6) is 0.390. The van der Waals surface area contributed by atoms with E-state index in [9.17, 15) is 9.59 Å². The minimum absolute atomic E-state index is 0.106. The van der Waals surface area contributed by atoms with Gasteiger partial charge in [0.2, 0.25) is 0 Å². The first-order chi connectivity index (χ1) is 13.6. The molecular formula is C21H33N3O5. The lowest BCUT2D eigenvalue weighted by atomic mass is 10.0. The molecule has 2 aliphatic rings. The van der Waals surface area contributed by atoms with Gasteiger partial charge in [-0.3, -0.25) is 14.0 Å². The highest BCUT2D eigenvalue weighted by atomic mass is 16.6. The van der Waals surface area contributed by atoms with E-state index in [1.807, 2.05) is 40.7 Å². The topological polar surface area (TPSA) is 86.8 Å². The number of rotatable bonds is 4. The molecule has 29 heavy (non-hydrogen) atoms. The Bertz CT molecular complexity index is 802. The number of aromatic nitrogens is 2. The Balaban J connectivity index is 1.63. The van der Waals surface area contributed by atoms with Crippen molar-refractivity contribution in [2.45, 2.75) is 96.6 Å². The van der Waals surface area contributed by atoms with Crippen molar-refractivity contribution in [2.75, 3.05) is 6.61 Å². The number of amides is 1. The second kappa shape index (κ2) is 8.34. The van der Waals surface area contributed by atoms with Crippen LogP contribution >= 0.6 is 0 Å². The summed E-state index contributed by atoms with van der Waals surface area (Å²) in [7, 11) is 0. The van der Waals surface area contributed by atoms with Crippen LogP contribution in [-0.2, 0) is 15.9 Å². The van der Waals surface area contributed by atoms with Crippen molar-refractivity contribution in [1.29, 1.82) is 0 Å². The number of ether oxygens (including phenoxy) is 2. The molecule has 0 N–H and O–H groups in total. The average molecular weight is 408 g/mol. The van der Waals surface area contributed by atoms with Crippen molar-refractivity contribution in [2.24, 2.45) is 0 Å². The summed E-state index contributed by atoms with van der Waals surface area (Å²) < 4.78 is 18.0. The predicted octanol–water partition coefficient (Wildman–Crippen LogP) is 3.81. The highest BCUT2D eigenvalue weighted by Gasteiger charge is 2.44. The Morgan fingerprint density at radius 1 is 1.34 bits per heavy atom. The standard InChI is InChI=1S/C21H33N3O5/c1-20(2,3)28-19(26)24-16(14-27-21(24,4)5)12-7-6-10-15-11-8-9-13-17-22-29-18(25)23(15)17/h7,12,15-16H,6,8-11,13-14H2,1-5H3/b12-7+. The van der Waals surface area contributed by atoms with Crippen LogP contribution in [0.1, 0.15) is 78.6 Å². The zero-order valence-corrected chi connectivity index (χ0v) is 18.1. The molecule has 0 radical (unpaired) electrons. The second-order valence-corrected chi connectivity index (χ2v) is 9.32. The Labute approximate surface area is 171 Å². The number of aryl methyl sites for hydroxylation is 1. The Kier molecular flexibility index (Phi) is 6.22. The fourth-order valence-electron chi connectivity index (χ4n) is 4.06. The average Bonchev–Trinajstić information content (AvgIpc) is 3.03. The smallest absolute Gasteiger partial charge is 0.441 e. The third kappa shape index (κ3) is 5.10. The van der Waals surface area contributed by atoms with Gasteiger partial charge in [0.05, 0.1) is 12.6 Å². The largest absolute Gasteiger partial charge is 0.444 e. The van der Waals surface area contributed by atoms with Crippen molar-refractivity contribution < 1.29 is 18.8 Å². The number of nitrogens with zero attached hydrogens (tertiary/aromatic N) is 3. The lowest BCUT2D eigenvalue weighted by Gasteiger charge is -2.34. The summed E-state index contributed by atoms with van der Waals surface area (Å²) in [5.41, 5.74) is -1.28. The molecule has 2 unspecified atom stereocenters. The third-order valence-electron chi connectivity index (χ3n) is 5.39. The van der Waals surface area contributed by atoms with E-state index in [2.05, 4.69) is 11.2 Å². The molecule has 0 spiro atoms. The zero-order valence-electron chi connectivity index (χ0n) is 18.1. The lowest BCUT2D eigenvalue weighted by Crippen LogP contribution is -2.49. The molecular weight excluding hydrogens is 374 g/mol. The van der Waals surface area contributed by atoms with Crippen molar-refractivity contribution >= 4 is 6.09 Å². The summed E-state index contributed by atoms with van der Waals surface area (Å²) in [6.07, 6.45) is 9.16. The van der Waals surface area contributed by atoms with Crippen LogP contribution < -0.4 is 5.76 Å². The first-order valence-electron chi connectivity index (χ1n) is 10.5. The van der Waals surface area contributed by atoms with Crippen molar-refractivity contribution in [3.05, 3.63) is 28.5 Å². The van der Waals surface area contributed by atoms with Gasteiger partial charge in [0.15, 0.2) is 5.82 Å². The zero-order chi connectivity index (χ0) is 21.2. The van der Waals surface area contributed by atoms with E-state index in [-0.39, 0.29) is 23.9 Å². The number of allylic oxidation sites excluding steroid dienone is 1. The summed E-state index contributed by atoms with van der Waals surface area (Å²) >= 11 is 0. The molecule has 1 fully saturated rings. The van der Waals surface area contributed by atoms with Gasteiger partial charge >= 0.3 is 11.8 Å². The number of hydrogen-bond acceptors (Lipinski definition) is 6. The van der Waals surface area contributed by atoms with Gasteiger partial charge in [-0.15, -0.1) is 0 Å². The van der Waals surface area contributed by atoms with Crippen LogP contribution in [0.3, 0.4) is 0 Å². The SMILES string of the molecule is CC(C)(C)OC(=O)N1C(/C=C/CCC2CCCCc3noc(=O)n32)COC1(C)C. The second-order valence-electron chi connectivity index (χ2n) is 9.32. The fourth-order valence-corrected chi connectivity index (χ4v) is 4.06. The summed E-state index contributed by atoms with van der Waals surface area (Å²) in [6.45, 7) is 9.74. The molecule has 2 atom stereocenters. The molecule has 0 aromatic carbocycles. The predicted molar refractivity (Wildman–Crippen MR) is 108 cm³/mol. The molecule has 8 nitrogen and oxygen atoms in total. The molecule has 1 aromatic heterocycles. The van der Waals surface area contributed by atoms with Gasteiger partial charge < -0.3 is 9.47 Å². The first-order valence-corrected chi connectivity index (χ1v) is 10.5. The lowest BCUT2D eigenvalue weighted by molar-refractivity contribution is -0.0610. The quantitative estimate of drug-likeness (QED) is 0.706. The monoisotopic (exact) mass is 407 g/mol. The van der Waals surface area contributed by atoms with Gasteiger partial charge in [0, 0.05) is 12.5 Å². The molecule has 1 saturated heterocycles. The number of carbonyl (C=O) groups excluding carboxylic acids is 1. The van der Waals surface area contributed by atoms with E-state index in [1.165, 1.54) is 0 Å². The van der Waals surface area contributed by atoms with E-state index < -0.39 is 11.3 Å². The van der Waals surface area contributed by atoms with Gasteiger partial charge in [0.25, 0.3) is 0 Å². The minimum Gasteiger partial charge on any atom is -0.444 e. The first kappa shape index (κ1) is 21.6. The summed E-state index contributed by atoms with van der Waals surface area (Å²) in [4.78, 5) is 26.4. The maximum absolute atomic E-state index is 12.7. The fraction of sp³-hybridized carbons (Fsp3) is 0.762. The van der Waals surface area contributed by atoms with E-state index in [1.54, 1.807) is 9.47 Å². The van der Waals surface area contributed by atoms with E-state index in [0.29, 0.717) is 6.61 Å². The van der Waals surface area contributed by atoms with Crippen LogP contribution in [-0.4, -0.2) is 44.7 Å². The van der Waals surface area contributed by atoms with Crippen LogP contribution in [0, 0.1) is 0 Å². The van der Waals surface area contributed by atoms with Gasteiger partial charge in [-0.25, -0.2) is 9.59 Å². The number of hydrogen-bond donors (Lipinski definition) is 0. The minimum atomic E-state index is -0.719. The third-order valence-corrected chi connectivity index (χ3v) is 5.39.